The Labute approximate surface area is 102 Å². The molecule has 16 heavy (non-hydrogen) atoms. The summed E-state index contributed by atoms with van der Waals surface area (Å²) in [6, 6.07) is 3.66. The standard InChI is InChI=1S/C9H4F3IN2O/c10-9(11,12)6-5(8(15)16)2-1-4(3-14)7(6)13/h1-2H,(H2,15,16). The summed E-state index contributed by atoms with van der Waals surface area (Å²) < 4.78 is 37.7. The molecule has 0 bridgehead atoms. The van der Waals surface area contributed by atoms with E-state index < -0.39 is 23.2 Å². The van der Waals surface area contributed by atoms with E-state index in [4.69, 9.17) is 11.0 Å². The summed E-state index contributed by atoms with van der Waals surface area (Å²) in [6.07, 6.45) is -4.71. The molecular weight excluding hydrogens is 336 g/mol. The fraction of sp³-hybridized carbons (Fsp3) is 0.111. The molecule has 0 saturated heterocycles. The van der Waals surface area contributed by atoms with E-state index in [1.807, 2.05) is 0 Å². The van der Waals surface area contributed by atoms with Crippen LogP contribution in [0, 0.1) is 14.9 Å². The zero-order valence-corrected chi connectivity index (χ0v) is 9.76. The molecule has 0 saturated carbocycles. The second-order valence-electron chi connectivity index (χ2n) is 2.82. The van der Waals surface area contributed by atoms with E-state index in [9.17, 15) is 18.0 Å². The minimum atomic E-state index is -4.71. The van der Waals surface area contributed by atoms with Gasteiger partial charge >= 0.3 is 6.18 Å². The topological polar surface area (TPSA) is 66.9 Å². The molecule has 1 amide bonds. The number of hydrogen-bond donors (Lipinski definition) is 1. The van der Waals surface area contributed by atoms with Gasteiger partial charge in [0.1, 0.15) is 6.07 Å². The minimum Gasteiger partial charge on any atom is -0.366 e. The van der Waals surface area contributed by atoms with Gasteiger partial charge in [-0.25, -0.2) is 0 Å². The van der Waals surface area contributed by atoms with Crippen LogP contribution in [0.5, 0.6) is 0 Å². The Kier molecular flexibility index (Phi) is 3.42. The lowest BCUT2D eigenvalue weighted by Crippen LogP contribution is -2.20. The SMILES string of the molecule is N#Cc1ccc(C(N)=O)c(C(F)(F)F)c1I. The van der Waals surface area contributed by atoms with E-state index in [1.54, 1.807) is 6.07 Å². The van der Waals surface area contributed by atoms with E-state index in [2.05, 4.69) is 0 Å². The summed E-state index contributed by atoms with van der Waals surface area (Å²) in [7, 11) is 0. The Hall–Kier alpha value is -1.30. The van der Waals surface area contributed by atoms with Crippen molar-refractivity contribution in [2.75, 3.05) is 0 Å². The van der Waals surface area contributed by atoms with Crippen LogP contribution in [0.3, 0.4) is 0 Å². The van der Waals surface area contributed by atoms with Gasteiger partial charge in [0, 0.05) is 3.57 Å². The summed E-state index contributed by atoms with van der Waals surface area (Å²) in [4.78, 5) is 10.9. The van der Waals surface area contributed by atoms with Crippen LogP contribution in [0.4, 0.5) is 13.2 Å². The Morgan fingerprint density at radius 3 is 2.38 bits per heavy atom. The lowest BCUT2D eigenvalue weighted by atomic mass is 10.0. The predicted molar refractivity (Wildman–Crippen MR) is 57.4 cm³/mol. The molecule has 0 fully saturated rings. The number of halogens is 4. The number of amides is 1. The monoisotopic (exact) mass is 340 g/mol. The van der Waals surface area contributed by atoms with Gasteiger partial charge in [-0.1, -0.05) is 0 Å². The van der Waals surface area contributed by atoms with Gasteiger partial charge in [-0.05, 0) is 34.7 Å². The molecule has 0 heterocycles. The Bertz CT molecular complexity index is 491. The van der Waals surface area contributed by atoms with E-state index >= 15 is 0 Å². The normalized spacial score (nSPS) is 10.9. The molecule has 0 aliphatic carbocycles. The van der Waals surface area contributed by atoms with Crippen LogP contribution in [0.1, 0.15) is 21.5 Å². The van der Waals surface area contributed by atoms with Crippen molar-refractivity contribution in [3.63, 3.8) is 0 Å². The van der Waals surface area contributed by atoms with Gasteiger partial charge in [0.25, 0.3) is 0 Å². The second-order valence-corrected chi connectivity index (χ2v) is 3.90. The second kappa shape index (κ2) is 4.29. The highest BCUT2D eigenvalue weighted by molar-refractivity contribution is 14.1. The first kappa shape index (κ1) is 12.8. The number of rotatable bonds is 1. The van der Waals surface area contributed by atoms with Gasteiger partial charge in [0.05, 0.1) is 16.7 Å². The molecule has 0 unspecified atom stereocenters. The van der Waals surface area contributed by atoms with Gasteiger partial charge in [-0.15, -0.1) is 0 Å². The van der Waals surface area contributed by atoms with Crippen LogP contribution in [0.2, 0.25) is 0 Å². The van der Waals surface area contributed by atoms with E-state index in [0.717, 1.165) is 12.1 Å². The maximum Gasteiger partial charge on any atom is 0.418 e. The quantitative estimate of drug-likeness (QED) is 0.797. The van der Waals surface area contributed by atoms with Crippen molar-refractivity contribution in [3.8, 4) is 6.07 Å². The smallest absolute Gasteiger partial charge is 0.366 e. The number of nitrogens with zero attached hydrogens (tertiary/aromatic N) is 1. The van der Waals surface area contributed by atoms with Crippen molar-refractivity contribution >= 4 is 28.5 Å². The number of carbonyl (C=O) groups is 1. The number of carbonyl (C=O) groups excluding carboxylic acids is 1. The molecule has 2 N–H and O–H groups in total. The number of nitrogens with two attached hydrogens (primary N) is 1. The molecular formula is C9H4F3IN2O. The lowest BCUT2D eigenvalue weighted by molar-refractivity contribution is -0.138. The van der Waals surface area contributed by atoms with Crippen molar-refractivity contribution in [1.29, 1.82) is 5.26 Å². The molecule has 0 aliphatic heterocycles. The van der Waals surface area contributed by atoms with Crippen molar-refractivity contribution in [3.05, 3.63) is 32.4 Å². The van der Waals surface area contributed by atoms with Crippen molar-refractivity contribution < 1.29 is 18.0 Å². The molecule has 0 aromatic heterocycles. The lowest BCUT2D eigenvalue weighted by Gasteiger charge is -2.13. The maximum atomic E-state index is 12.7. The zero-order chi connectivity index (χ0) is 12.5. The third kappa shape index (κ3) is 2.27. The van der Waals surface area contributed by atoms with Crippen molar-refractivity contribution in [2.45, 2.75) is 6.18 Å². The van der Waals surface area contributed by atoms with Gasteiger partial charge in [0.2, 0.25) is 5.91 Å². The zero-order valence-electron chi connectivity index (χ0n) is 7.60. The van der Waals surface area contributed by atoms with Crippen molar-refractivity contribution in [1.82, 2.24) is 0 Å². The first-order chi connectivity index (χ1) is 7.29. The summed E-state index contributed by atoms with van der Waals surface area (Å²) >= 11 is 1.37. The molecule has 1 aromatic rings. The minimum absolute atomic E-state index is 0.141. The number of hydrogen-bond acceptors (Lipinski definition) is 2. The molecule has 1 aromatic carbocycles. The van der Waals surface area contributed by atoms with E-state index in [0.29, 0.717) is 0 Å². The maximum absolute atomic E-state index is 12.7. The summed E-state index contributed by atoms with van der Waals surface area (Å²) in [6.45, 7) is 0. The number of alkyl halides is 3. The summed E-state index contributed by atoms with van der Waals surface area (Å²) in [5.41, 5.74) is 2.92. The first-order valence-electron chi connectivity index (χ1n) is 3.88. The van der Waals surface area contributed by atoms with E-state index in [1.165, 1.54) is 22.6 Å². The molecule has 84 valence electrons. The fourth-order valence-corrected chi connectivity index (χ4v) is 2.04. The van der Waals surface area contributed by atoms with Gasteiger partial charge in [0.15, 0.2) is 0 Å². The summed E-state index contributed by atoms with van der Waals surface area (Å²) in [5, 5.41) is 8.60. The van der Waals surface area contributed by atoms with Crippen LogP contribution in [-0.2, 0) is 6.18 Å². The molecule has 0 spiro atoms. The third-order valence-electron chi connectivity index (χ3n) is 1.81. The fourth-order valence-electron chi connectivity index (χ4n) is 1.14. The van der Waals surface area contributed by atoms with Crippen LogP contribution in [0.15, 0.2) is 12.1 Å². The Morgan fingerprint density at radius 1 is 1.44 bits per heavy atom. The van der Waals surface area contributed by atoms with Crippen LogP contribution >= 0.6 is 22.6 Å². The highest BCUT2D eigenvalue weighted by Crippen LogP contribution is 2.36. The average Bonchev–Trinajstić information content (AvgIpc) is 2.14. The molecule has 7 heteroatoms. The van der Waals surface area contributed by atoms with Crippen LogP contribution < -0.4 is 5.73 Å². The van der Waals surface area contributed by atoms with Gasteiger partial charge in [-0.3, -0.25) is 4.79 Å². The first-order valence-corrected chi connectivity index (χ1v) is 4.96. The Balaban J connectivity index is 3.64. The molecule has 1 rings (SSSR count). The van der Waals surface area contributed by atoms with Crippen LogP contribution in [0.25, 0.3) is 0 Å². The highest BCUT2D eigenvalue weighted by Gasteiger charge is 2.38. The largest absolute Gasteiger partial charge is 0.418 e. The van der Waals surface area contributed by atoms with Gasteiger partial charge in [-0.2, -0.15) is 18.4 Å². The molecule has 0 atom stereocenters. The van der Waals surface area contributed by atoms with Crippen molar-refractivity contribution in [2.24, 2.45) is 5.73 Å². The molecule has 0 aliphatic rings. The number of nitriles is 1. The number of benzene rings is 1. The van der Waals surface area contributed by atoms with E-state index in [-0.39, 0.29) is 9.13 Å². The number of primary amides is 1. The highest BCUT2D eigenvalue weighted by atomic mass is 127. The van der Waals surface area contributed by atoms with Crippen LogP contribution in [-0.4, -0.2) is 5.91 Å². The van der Waals surface area contributed by atoms with Gasteiger partial charge < -0.3 is 5.73 Å². The summed E-state index contributed by atoms with van der Waals surface area (Å²) in [5.74, 6) is -1.17. The average molecular weight is 340 g/mol. The third-order valence-corrected chi connectivity index (χ3v) is 2.93. The Morgan fingerprint density at radius 2 is 2.00 bits per heavy atom. The molecule has 3 nitrogen and oxygen atoms in total. The molecule has 0 radical (unpaired) electrons. The predicted octanol–water partition coefficient (Wildman–Crippen LogP) is 2.28.